The van der Waals surface area contributed by atoms with Crippen LogP contribution in [0.3, 0.4) is 0 Å². The third-order valence-corrected chi connectivity index (χ3v) is 3.43. The van der Waals surface area contributed by atoms with Gasteiger partial charge in [-0.1, -0.05) is 17.7 Å². The number of pyridine rings is 1. The van der Waals surface area contributed by atoms with Crippen LogP contribution in [-0.2, 0) is 0 Å². The minimum absolute atomic E-state index is 0.307. The van der Waals surface area contributed by atoms with Crippen molar-refractivity contribution in [2.45, 2.75) is 13.8 Å². The van der Waals surface area contributed by atoms with Crippen LogP contribution in [0.15, 0.2) is 41.0 Å². The maximum atomic E-state index is 11.8. The summed E-state index contributed by atoms with van der Waals surface area (Å²) in [7, 11) is 0. The zero-order chi connectivity index (χ0) is 13.8. The Labute approximate surface area is 120 Å². The molecule has 1 aromatic carbocycles. The van der Waals surface area contributed by atoms with Crippen LogP contribution in [0.4, 0.5) is 16.3 Å². The number of nitrogens with zero attached hydrogens (tertiary/aromatic N) is 1. The lowest BCUT2D eigenvalue weighted by atomic mass is 10.2. The number of aromatic nitrogens is 1. The highest BCUT2D eigenvalue weighted by atomic mass is 79.9. The number of hydrogen-bond donors (Lipinski definition) is 2. The molecule has 4 nitrogen and oxygen atoms in total. The Hall–Kier alpha value is -1.88. The van der Waals surface area contributed by atoms with Gasteiger partial charge in [0.05, 0.1) is 0 Å². The van der Waals surface area contributed by atoms with Gasteiger partial charge in [0.15, 0.2) is 0 Å². The van der Waals surface area contributed by atoms with Crippen molar-refractivity contribution >= 4 is 33.5 Å². The highest BCUT2D eigenvalue weighted by Gasteiger charge is 2.04. The van der Waals surface area contributed by atoms with E-state index in [-0.39, 0.29) is 6.03 Å². The van der Waals surface area contributed by atoms with E-state index >= 15 is 0 Å². The average Bonchev–Trinajstić information content (AvgIpc) is 2.37. The Morgan fingerprint density at radius 1 is 1.16 bits per heavy atom. The molecule has 19 heavy (non-hydrogen) atoms. The van der Waals surface area contributed by atoms with Gasteiger partial charge >= 0.3 is 6.03 Å². The SMILES string of the molecule is Cc1ccc(NC(=O)Nc2cc(C)c(Br)cn2)cc1. The minimum atomic E-state index is -0.307. The van der Waals surface area contributed by atoms with E-state index in [2.05, 4.69) is 31.5 Å². The molecule has 2 N–H and O–H groups in total. The molecule has 0 radical (unpaired) electrons. The lowest BCUT2D eigenvalue weighted by Gasteiger charge is -2.08. The van der Waals surface area contributed by atoms with E-state index in [9.17, 15) is 4.79 Å². The van der Waals surface area contributed by atoms with Crippen LogP contribution in [0.1, 0.15) is 11.1 Å². The van der Waals surface area contributed by atoms with E-state index < -0.39 is 0 Å². The summed E-state index contributed by atoms with van der Waals surface area (Å²) in [6.07, 6.45) is 1.66. The van der Waals surface area contributed by atoms with Gasteiger partial charge in [-0.05, 0) is 53.5 Å². The van der Waals surface area contributed by atoms with Crippen LogP contribution < -0.4 is 10.6 Å². The molecule has 0 saturated carbocycles. The summed E-state index contributed by atoms with van der Waals surface area (Å²) in [6, 6.07) is 9.09. The molecule has 0 fully saturated rings. The minimum Gasteiger partial charge on any atom is -0.308 e. The molecule has 0 spiro atoms. The summed E-state index contributed by atoms with van der Waals surface area (Å²) >= 11 is 3.37. The van der Waals surface area contributed by atoms with Crippen molar-refractivity contribution in [3.8, 4) is 0 Å². The maximum absolute atomic E-state index is 11.8. The number of carbonyl (C=O) groups excluding carboxylic acids is 1. The molecule has 1 heterocycles. The fourth-order valence-electron chi connectivity index (χ4n) is 1.52. The van der Waals surface area contributed by atoms with Crippen molar-refractivity contribution in [1.82, 2.24) is 4.98 Å². The van der Waals surface area contributed by atoms with Crippen LogP contribution in [0.5, 0.6) is 0 Å². The third kappa shape index (κ3) is 3.79. The molecule has 2 amide bonds. The van der Waals surface area contributed by atoms with Gasteiger partial charge in [0.2, 0.25) is 0 Å². The van der Waals surface area contributed by atoms with Gasteiger partial charge in [-0.3, -0.25) is 5.32 Å². The Kier molecular flexibility index (Phi) is 4.16. The van der Waals surface area contributed by atoms with Crippen LogP contribution in [0, 0.1) is 13.8 Å². The van der Waals surface area contributed by atoms with Crippen LogP contribution in [0.2, 0.25) is 0 Å². The maximum Gasteiger partial charge on any atom is 0.324 e. The predicted octanol–water partition coefficient (Wildman–Crippen LogP) is 4.10. The smallest absolute Gasteiger partial charge is 0.308 e. The predicted molar refractivity (Wildman–Crippen MR) is 80.5 cm³/mol. The molecule has 0 unspecified atom stereocenters. The van der Waals surface area contributed by atoms with Gasteiger partial charge in [0.25, 0.3) is 0 Å². The number of rotatable bonds is 2. The molecule has 0 saturated heterocycles. The topological polar surface area (TPSA) is 54.0 Å². The number of hydrogen-bond acceptors (Lipinski definition) is 2. The number of urea groups is 1. The zero-order valence-corrected chi connectivity index (χ0v) is 12.3. The number of halogens is 1. The molecule has 0 aliphatic carbocycles. The lowest BCUT2D eigenvalue weighted by Crippen LogP contribution is -2.20. The second-order valence-corrected chi connectivity index (χ2v) is 5.12. The van der Waals surface area contributed by atoms with Gasteiger partial charge < -0.3 is 5.32 Å². The number of anilines is 2. The first kappa shape index (κ1) is 13.5. The molecular weight excluding hydrogens is 306 g/mol. The van der Waals surface area contributed by atoms with Crippen LogP contribution in [0.25, 0.3) is 0 Å². The highest BCUT2D eigenvalue weighted by molar-refractivity contribution is 9.10. The molecule has 2 rings (SSSR count). The van der Waals surface area contributed by atoms with Crippen molar-refractivity contribution in [2.24, 2.45) is 0 Å². The number of aryl methyl sites for hydroxylation is 2. The summed E-state index contributed by atoms with van der Waals surface area (Å²) in [6.45, 7) is 3.94. The fourth-order valence-corrected chi connectivity index (χ4v) is 1.74. The lowest BCUT2D eigenvalue weighted by molar-refractivity contribution is 0.262. The summed E-state index contributed by atoms with van der Waals surface area (Å²) in [5.74, 6) is 0.519. The summed E-state index contributed by atoms with van der Waals surface area (Å²) in [4.78, 5) is 15.9. The van der Waals surface area contributed by atoms with Crippen molar-refractivity contribution in [2.75, 3.05) is 10.6 Å². The molecule has 5 heteroatoms. The molecule has 98 valence electrons. The molecule has 0 aliphatic heterocycles. The van der Waals surface area contributed by atoms with Gasteiger partial charge in [-0.15, -0.1) is 0 Å². The Balaban J connectivity index is 2.01. The van der Waals surface area contributed by atoms with Gasteiger partial charge in [0, 0.05) is 16.4 Å². The van der Waals surface area contributed by atoms with E-state index in [1.807, 2.05) is 38.1 Å². The van der Waals surface area contributed by atoms with Gasteiger partial charge in [0.1, 0.15) is 5.82 Å². The van der Waals surface area contributed by atoms with Crippen molar-refractivity contribution < 1.29 is 4.79 Å². The number of amides is 2. The Bertz CT molecular complexity index is 596. The summed E-state index contributed by atoms with van der Waals surface area (Å²) in [5, 5.41) is 5.44. The van der Waals surface area contributed by atoms with Gasteiger partial charge in [-0.25, -0.2) is 9.78 Å². The largest absolute Gasteiger partial charge is 0.324 e. The van der Waals surface area contributed by atoms with Crippen molar-refractivity contribution in [3.05, 3.63) is 52.1 Å². The third-order valence-electron chi connectivity index (χ3n) is 2.60. The van der Waals surface area contributed by atoms with E-state index in [0.29, 0.717) is 5.82 Å². The zero-order valence-electron chi connectivity index (χ0n) is 10.7. The van der Waals surface area contributed by atoms with Crippen molar-refractivity contribution in [1.29, 1.82) is 0 Å². The molecular formula is C14H14BrN3O. The summed E-state index contributed by atoms with van der Waals surface area (Å²) < 4.78 is 0.914. The van der Waals surface area contributed by atoms with E-state index in [1.165, 1.54) is 0 Å². The Morgan fingerprint density at radius 3 is 2.47 bits per heavy atom. The summed E-state index contributed by atoms with van der Waals surface area (Å²) in [5.41, 5.74) is 2.91. The second-order valence-electron chi connectivity index (χ2n) is 4.26. The van der Waals surface area contributed by atoms with Crippen molar-refractivity contribution in [3.63, 3.8) is 0 Å². The number of nitrogens with one attached hydrogen (secondary N) is 2. The normalized spacial score (nSPS) is 10.1. The first-order chi connectivity index (χ1) is 9.04. The van der Waals surface area contributed by atoms with E-state index in [1.54, 1.807) is 12.3 Å². The monoisotopic (exact) mass is 319 g/mol. The fraction of sp³-hybridized carbons (Fsp3) is 0.143. The number of carbonyl (C=O) groups is 1. The first-order valence-corrected chi connectivity index (χ1v) is 6.61. The van der Waals surface area contributed by atoms with Crippen LogP contribution in [-0.4, -0.2) is 11.0 Å². The van der Waals surface area contributed by atoms with E-state index in [0.717, 1.165) is 21.3 Å². The Morgan fingerprint density at radius 2 is 1.84 bits per heavy atom. The number of benzene rings is 1. The second kappa shape index (κ2) is 5.84. The standard InChI is InChI=1S/C14H14BrN3O/c1-9-3-5-11(6-4-9)17-14(19)18-13-7-10(2)12(15)8-16-13/h3-8H,1-2H3,(H2,16,17,18,19). The molecule has 0 bridgehead atoms. The molecule has 2 aromatic rings. The first-order valence-electron chi connectivity index (χ1n) is 5.81. The van der Waals surface area contributed by atoms with Crippen LogP contribution >= 0.6 is 15.9 Å². The molecule has 1 aromatic heterocycles. The molecule has 0 atom stereocenters. The average molecular weight is 320 g/mol. The quantitative estimate of drug-likeness (QED) is 0.875. The van der Waals surface area contributed by atoms with Gasteiger partial charge in [-0.2, -0.15) is 0 Å². The molecule has 0 aliphatic rings. The van der Waals surface area contributed by atoms with E-state index in [4.69, 9.17) is 0 Å². The highest BCUT2D eigenvalue weighted by Crippen LogP contribution is 2.17.